The zero-order chi connectivity index (χ0) is 11.1. The number of amides is 1. The van der Waals surface area contributed by atoms with Crippen molar-refractivity contribution in [1.29, 1.82) is 0 Å². The molecule has 1 aliphatic heterocycles. The molecule has 1 fully saturated rings. The molecule has 5 nitrogen and oxygen atoms in total. The molecule has 80 valence electrons. The maximum absolute atomic E-state index is 11.6. The molecule has 1 heterocycles. The summed E-state index contributed by atoms with van der Waals surface area (Å²) in [6.07, 6.45) is 0. The summed E-state index contributed by atoms with van der Waals surface area (Å²) < 4.78 is 25.7. The Labute approximate surface area is 87.9 Å². The molecule has 1 unspecified atom stereocenters. The number of hydrogen-bond donors (Lipinski definition) is 1. The highest BCUT2D eigenvalue weighted by molar-refractivity contribution is 7.88. The Kier molecular flexibility index (Phi) is 2.24. The Morgan fingerprint density at radius 3 is 2.33 bits per heavy atom. The van der Waals surface area contributed by atoms with E-state index in [4.69, 9.17) is 0 Å². The minimum atomic E-state index is -3.64. The fourth-order valence-electron chi connectivity index (χ4n) is 1.43. The second-order valence-corrected chi connectivity index (χ2v) is 5.01. The van der Waals surface area contributed by atoms with Crippen LogP contribution in [-0.4, -0.2) is 25.7 Å². The summed E-state index contributed by atoms with van der Waals surface area (Å²) in [4.78, 5) is 11.6. The molecule has 15 heavy (non-hydrogen) atoms. The van der Waals surface area contributed by atoms with Gasteiger partial charge < -0.3 is 0 Å². The maximum atomic E-state index is 11.6. The van der Waals surface area contributed by atoms with Gasteiger partial charge in [0.2, 0.25) is 0 Å². The Hall–Kier alpha value is -1.40. The van der Waals surface area contributed by atoms with Crippen LogP contribution in [0.2, 0.25) is 0 Å². The molecular weight excluding hydrogens is 216 g/mol. The summed E-state index contributed by atoms with van der Waals surface area (Å²) in [7, 11) is -2.39. The molecule has 6 heteroatoms. The first kappa shape index (κ1) is 10.1. The highest BCUT2D eigenvalue weighted by Gasteiger charge is 2.40. The molecule has 1 N–H and O–H groups in total. The third-order valence-electron chi connectivity index (χ3n) is 2.32. The first-order valence-corrected chi connectivity index (χ1v) is 5.81. The summed E-state index contributed by atoms with van der Waals surface area (Å²) in [6, 6.07) is 7.96. The van der Waals surface area contributed by atoms with E-state index in [0.29, 0.717) is 5.56 Å². The maximum Gasteiger partial charge on any atom is 0.304 e. The van der Waals surface area contributed by atoms with Crippen molar-refractivity contribution in [2.45, 2.75) is 6.04 Å². The lowest BCUT2D eigenvalue weighted by Crippen LogP contribution is -2.27. The van der Waals surface area contributed by atoms with Crippen LogP contribution >= 0.6 is 0 Å². The first-order valence-electron chi connectivity index (χ1n) is 4.37. The number of rotatable bonds is 1. The van der Waals surface area contributed by atoms with Crippen LogP contribution in [0, 0.1) is 0 Å². The van der Waals surface area contributed by atoms with E-state index in [1.54, 1.807) is 30.3 Å². The molecule has 1 aromatic rings. The van der Waals surface area contributed by atoms with Crippen LogP contribution in [0.5, 0.6) is 0 Å². The van der Waals surface area contributed by atoms with E-state index in [1.165, 1.54) is 7.05 Å². The van der Waals surface area contributed by atoms with Crippen LogP contribution < -0.4 is 4.72 Å². The van der Waals surface area contributed by atoms with Crippen LogP contribution in [0.4, 0.5) is 0 Å². The van der Waals surface area contributed by atoms with Gasteiger partial charge in [0.15, 0.2) is 0 Å². The lowest BCUT2D eigenvalue weighted by molar-refractivity contribution is -0.126. The van der Waals surface area contributed by atoms with E-state index in [9.17, 15) is 13.2 Å². The molecule has 1 aromatic carbocycles. The Morgan fingerprint density at radius 1 is 1.27 bits per heavy atom. The molecule has 0 aliphatic carbocycles. The number of carbonyl (C=O) groups excluding carboxylic acids is 1. The Bertz CT molecular complexity index is 483. The predicted molar refractivity (Wildman–Crippen MR) is 54.0 cm³/mol. The average Bonchev–Trinajstić information content (AvgIpc) is 2.44. The number of hydrogen-bond acceptors (Lipinski definition) is 3. The van der Waals surface area contributed by atoms with Gasteiger partial charge >= 0.3 is 10.2 Å². The molecular formula is C9H10N2O3S. The first-order chi connectivity index (χ1) is 7.02. The van der Waals surface area contributed by atoms with Gasteiger partial charge in [0.25, 0.3) is 5.91 Å². The van der Waals surface area contributed by atoms with Gasteiger partial charge in [0.05, 0.1) is 0 Å². The highest BCUT2D eigenvalue weighted by Crippen LogP contribution is 2.23. The number of benzene rings is 1. The number of nitrogens with zero attached hydrogens (tertiary/aromatic N) is 1. The van der Waals surface area contributed by atoms with Gasteiger partial charge in [-0.2, -0.15) is 13.1 Å². The third kappa shape index (κ3) is 1.62. The largest absolute Gasteiger partial charge is 0.304 e. The average molecular weight is 226 g/mol. The fourth-order valence-corrected chi connectivity index (χ4v) is 2.47. The van der Waals surface area contributed by atoms with E-state index in [2.05, 4.69) is 4.72 Å². The molecule has 0 radical (unpaired) electrons. The molecule has 1 aliphatic rings. The molecule has 0 bridgehead atoms. The zero-order valence-corrected chi connectivity index (χ0v) is 8.86. The van der Waals surface area contributed by atoms with E-state index >= 15 is 0 Å². The fraction of sp³-hybridized carbons (Fsp3) is 0.222. The Morgan fingerprint density at radius 2 is 1.87 bits per heavy atom. The lowest BCUT2D eigenvalue weighted by atomic mass is 10.1. The molecule has 0 saturated carbocycles. The van der Waals surface area contributed by atoms with Crippen molar-refractivity contribution in [2.75, 3.05) is 7.05 Å². The van der Waals surface area contributed by atoms with Gasteiger partial charge in [-0.3, -0.25) is 4.79 Å². The van der Waals surface area contributed by atoms with Gasteiger partial charge in [-0.1, -0.05) is 30.3 Å². The molecule has 2 rings (SSSR count). The highest BCUT2D eigenvalue weighted by atomic mass is 32.2. The van der Waals surface area contributed by atoms with Crippen molar-refractivity contribution in [2.24, 2.45) is 0 Å². The Balaban J connectivity index is 2.39. The third-order valence-corrected chi connectivity index (χ3v) is 3.75. The summed E-state index contributed by atoms with van der Waals surface area (Å²) >= 11 is 0. The van der Waals surface area contributed by atoms with E-state index in [-0.39, 0.29) is 0 Å². The molecule has 0 spiro atoms. The molecule has 1 atom stereocenters. The van der Waals surface area contributed by atoms with Crippen molar-refractivity contribution in [1.82, 2.24) is 9.03 Å². The van der Waals surface area contributed by atoms with Gasteiger partial charge in [0.1, 0.15) is 6.04 Å². The van der Waals surface area contributed by atoms with Gasteiger partial charge in [-0.25, -0.2) is 4.31 Å². The number of likely N-dealkylation sites (N-methyl/N-ethyl adjacent to an activating group) is 1. The number of nitrogens with one attached hydrogen (secondary N) is 1. The lowest BCUT2D eigenvalue weighted by Gasteiger charge is -2.06. The van der Waals surface area contributed by atoms with Crippen molar-refractivity contribution < 1.29 is 13.2 Å². The quantitative estimate of drug-likeness (QED) is 0.735. The predicted octanol–water partition coefficient (Wildman–Crippen LogP) is 0.0341. The van der Waals surface area contributed by atoms with E-state index in [1.807, 2.05) is 0 Å². The number of carbonyl (C=O) groups is 1. The molecule has 1 saturated heterocycles. The van der Waals surface area contributed by atoms with Gasteiger partial charge in [-0.15, -0.1) is 0 Å². The van der Waals surface area contributed by atoms with Crippen LogP contribution in [0.15, 0.2) is 30.3 Å². The SMILES string of the molecule is CN1C(=O)C(c2ccccc2)NS1(=O)=O. The molecule has 0 aromatic heterocycles. The van der Waals surface area contributed by atoms with Crippen molar-refractivity contribution in [3.8, 4) is 0 Å². The van der Waals surface area contributed by atoms with E-state index < -0.39 is 22.2 Å². The summed E-state index contributed by atoms with van der Waals surface area (Å²) in [5.74, 6) is -0.457. The minimum Gasteiger partial charge on any atom is -0.272 e. The second-order valence-electron chi connectivity index (χ2n) is 3.27. The minimum absolute atomic E-state index is 0.457. The normalized spacial score (nSPS) is 24.5. The summed E-state index contributed by atoms with van der Waals surface area (Å²) in [6.45, 7) is 0. The summed E-state index contributed by atoms with van der Waals surface area (Å²) in [5.41, 5.74) is 0.649. The van der Waals surface area contributed by atoms with Gasteiger partial charge in [-0.05, 0) is 5.56 Å². The smallest absolute Gasteiger partial charge is 0.272 e. The monoisotopic (exact) mass is 226 g/mol. The summed E-state index contributed by atoms with van der Waals surface area (Å²) in [5, 5.41) is 0. The second kappa shape index (κ2) is 3.32. The van der Waals surface area contributed by atoms with Gasteiger partial charge in [0, 0.05) is 7.05 Å². The van der Waals surface area contributed by atoms with Crippen LogP contribution in [0.25, 0.3) is 0 Å². The van der Waals surface area contributed by atoms with Crippen molar-refractivity contribution >= 4 is 16.1 Å². The standard InChI is InChI=1S/C9H10N2O3S/c1-11-9(12)8(10-15(11,13)14)7-5-3-2-4-6-7/h2-6,8,10H,1H3. The topological polar surface area (TPSA) is 66.5 Å². The zero-order valence-electron chi connectivity index (χ0n) is 8.04. The van der Waals surface area contributed by atoms with Crippen LogP contribution in [-0.2, 0) is 15.0 Å². The van der Waals surface area contributed by atoms with Crippen LogP contribution in [0.3, 0.4) is 0 Å². The van der Waals surface area contributed by atoms with Crippen molar-refractivity contribution in [3.63, 3.8) is 0 Å². The van der Waals surface area contributed by atoms with E-state index in [0.717, 1.165) is 4.31 Å². The van der Waals surface area contributed by atoms with Crippen LogP contribution in [0.1, 0.15) is 11.6 Å². The van der Waals surface area contributed by atoms with Crippen molar-refractivity contribution in [3.05, 3.63) is 35.9 Å². The molecule has 1 amide bonds.